The number of piperazine rings is 1. The number of nitrogens with zero attached hydrogens (tertiary/aromatic N) is 1. The molecule has 0 radical (unpaired) electrons. The summed E-state index contributed by atoms with van der Waals surface area (Å²) in [7, 11) is 0. The third-order valence-corrected chi connectivity index (χ3v) is 2.58. The third-order valence-electron chi connectivity index (χ3n) is 2.58. The van der Waals surface area contributed by atoms with Gasteiger partial charge in [0, 0.05) is 25.2 Å². The van der Waals surface area contributed by atoms with Crippen molar-refractivity contribution in [2.45, 2.75) is 45.3 Å². The van der Waals surface area contributed by atoms with E-state index in [1.54, 1.807) is 13.8 Å². The number of rotatable bonds is 1. The summed E-state index contributed by atoms with van der Waals surface area (Å²) in [6.07, 6.45) is 0. The average Bonchev–Trinajstić information content (AvgIpc) is 2.06. The number of amides is 1. The van der Waals surface area contributed by atoms with E-state index in [-0.39, 0.29) is 11.9 Å². The van der Waals surface area contributed by atoms with E-state index in [0.29, 0.717) is 6.04 Å². The molecule has 0 spiro atoms. The second-order valence-corrected chi connectivity index (χ2v) is 4.84. The van der Waals surface area contributed by atoms with E-state index in [0.717, 1.165) is 13.1 Å². The van der Waals surface area contributed by atoms with Crippen LogP contribution >= 0.6 is 0 Å². The molecular formula is C10H21N3O. The number of hydrogen-bond acceptors (Lipinski definition) is 3. The molecule has 0 aliphatic carbocycles. The molecule has 4 heteroatoms. The zero-order chi connectivity index (χ0) is 10.9. The monoisotopic (exact) mass is 199 g/mol. The number of carbonyl (C=O) groups excluding carboxylic acids is 1. The van der Waals surface area contributed by atoms with Gasteiger partial charge < -0.3 is 16.0 Å². The highest BCUT2D eigenvalue weighted by atomic mass is 16.2. The second-order valence-electron chi connectivity index (χ2n) is 4.84. The summed E-state index contributed by atoms with van der Waals surface area (Å²) < 4.78 is 0. The van der Waals surface area contributed by atoms with Crippen LogP contribution in [-0.2, 0) is 4.79 Å². The van der Waals surface area contributed by atoms with Crippen LogP contribution in [0, 0.1) is 0 Å². The summed E-state index contributed by atoms with van der Waals surface area (Å²) in [5, 5.41) is 3.33. The van der Waals surface area contributed by atoms with Gasteiger partial charge in [0.15, 0.2) is 0 Å². The van der Waals surface area contributed by atoms with Crippen molar-refractivity contribution in [3.8, 4) is 0 Å². The molecule has 0 unspecified atom stereocenters. The lowest BCUT2D eigenvalue weighted by Crippen LogP contribution is -2.62. The van der Waals surface area contributed by atoms with Gasteiger partial charge in [0.1, 0.15) is 0 Å². The molecule has 1 amide bonds. The smallest absolute Gasteiger partial charge is 0.242 e. The standard InChI is InChI=1S/C10H21N3O/c1-7-6-13(8(2)5-12-7)9(14)10(3,4)11/h7-8,12H,5-6,11H2,1-4H3/t7-,8+/m1/s1. The molecule has 1 aliphatic rings. The van der Waals surface area contributed by atoms with E-state index >= 15 is 0 Å². The predicted molar refractivity (Wildman–Crippen MR) is 56.9 cm³/mol. The Balaban J connectivity index is 2.70. The molecule has 0 bridgehead atoms. The highest BCUT2D eigenvalue weighted by Gasteiger charge is 2.33. The Morgan fingerprint density at radius 2 is 2.07 bits per heavy atom. The van der Waals surface area contributed by atoms with E-state index in [2.05, 4.69) is 12.2 Å². The first-order valence-electron chi connectivity index (χ1n) is 5.15. The van der Waals surface area contributed by atoms with Crippen LogP contribution in [0.2, 0.25) is 0 Å². The summed E-state index contributed by atoms with van der Waals surface area (Å²) in [5.74, 6) is 0.0401. The van der Waals surface area contributed by atoms with Crippen molar-refractivity contribution >= 4 is 5.91 Å². The molecule has 0 aromatic rings. The third kappa shape index (κ3) is 2.45. The quantitative estimate of drug-likeness (QED) is 0.621. The summed E-state index contributed by atoms with van der Waals surface area (Å²) in [5.41, 5.74) is 5.05. The molecule has 3 N–H and O–H groups in total. The minimum absolute atomic E-state index is 0.0401. The SMILES string of the molecule is C[C@@H]1CN(C(=O)C(C)(C)N)[C@@H](C)CN1. The molecule has 1 aliphatic heterocycles. The zero-order valence-electron chi connectivity index (χ0n) is 9.50. The van der Waals surface area contributed by atoms with Gasteiger partial charge in [0.2, 0.25) is 5.91 Å². The van der Waals surface area contributed by atoms with Crippen molar-refractivity contribution in [2.75, 3.05) is 13.1 Å². The maximum atomic E-state index is 11.9. The van der Waals surface area contributed by atoms with Crippen LogP contribution in [0.4, 0.5) is 0 Å². The highest BCUT2D eigenvalue weighted by Crippen LogP contribution is 2.12. The van der Waals surface area contributed by atoms with Crippen LogP contribution in [0.3, 0.4) is 0 Å². The number of nitrogens with one attached hydrogen (secondary N) is 1. The normalized spacial score (nSPS) is 29.1. The molecule has 82 valence electrons. The Labute approximate surface area is 85.8 Å². The molecule has 4 nitrogen and oxygen atoms in total. The topological polar surface area (TPSA) is 58.4 Å². The van der Waals surface area contributed by atoms with Crippen molar-refractivity contribution in [3.05, 3.63) is 0 Å². The van der Waals surface area contributed by atoms with Gasteiger partial charge in [-0.05, 0) is 27.7 Å². The van der Waals surface area contributed by atoms with Crippen molar-refractivity contribution < 1.29 is 4.79 Å². The minimum atomic E-state index is -0.759. The van der Waals surface area contributed by atoms with Crippen LogP contribution in [-0.4, -0.2) is 41.5 Å². The van der Waals surface area contributed by atoms with E-state index in [4.69, 9.17) is 5.73 Å². The maximum Gasteiger partial charge on any atom is 0.242 e. The summed E-state index contributed by atoms with van der Waals surface area (Å²) in [6.45, 7) is 9.24. The Morgan fingerprint density at radius 1 is 1.50 bits per heavy atom. The van der Waals surface area contributed by atoms with Gasteiger partial charge >= 0.3 is 0 Å². The van der Waals surface area contributed by atoms with Crippen LogP contribution in [0.25, 0.3) is 0 Å². The predicted octanol–water partition coefficient (Wildman–Crippen LogP) is -0.0675. The lowest BCUT2D eigenvalue weighted by Gasteiger charge is -2.40. The zero-order valence-corrected chi connectivity index (χ0v) is 9.50. The fourth-order valence-corrected chi connectivity index (χ4v) is 1.67. The van der Waals surface area contributed by atoms with E-state index in [1.165, 1.54) is 0 Å². The fraction of sp³-hybridized carbons (Fsp3) is 0.900. The van der Waals surface area contributed by atoms with Crippen molar-refractivity contribution in [2.24, 2.45) is 5.73 Å². The van der Waals surface area contributed by atoms with E-state index in [1.807, 2.05) is 11.8 Å². The lowest BCUT2D eigenvalue weighted by atomic mass is 10.0. The highest BCUT2D eigenvalue weighted by molar-refractivity contribution is 5.85. The first kappa shape index (κ1) is 11.5. The molecule has 14 heavy (non-hydrogen) atoms. The minimum Gasteiger partial charge on any atom is -0.336 e. The van der Waals surface area contributed by atoms with Gasteiger partial charge in [-0.25, -0.2) is 0 Å². The van der Waals surface area contributed by atoms with E-state index in [9.17, 15) is 4.79 Å². The average molecular weight is 199 g/mol. The summed E-state index contributed by atoms with van der Waals surface area (Å²) >= 11 is 0. The molecular weight excluding hydrogens is 178 g/mol. The van der Waals surface area contributed by atoms with Gasteiger partial charge in [-0.15, -0.1) is 0 Å². The van der Waals surface area contributed by atoms with Crippen LogP contribution in [0.1, 0.15) is 27.7 Å². The van der Waals surface area contributed by atoms with Crippen molar-refractivity contribution in [3.63, 3.8) is 0 Å². The Kier molecular flexibility index (Phi) is 3.17. The summed E-state index contributed by atoms with van der Waals surface area (Å²) in [4.78, 5) is 13.8. The molecule has 0 aromatic heterocycles. The molecule has 1 heterocycles. The Hall–Kier alpha value is -0.610. The molecule has 1 rings (SSSR count). The number of nitrogens with two attached hydrogens (primary N) is 1. The largest absolute Gasteiger partial charge is 0.336 e. The van der Waals surface area contributed by atoms with Crippen molar-refractivity contribution in [1.29, 1.82) is 0 Å². The van der Waals surface area contributed by atoms with Gasteiger partial charge in [-0.2, -0.15) is 0 Å². The van der Waals surface area contributed by atoms with Gasteiger partial charge in [0.05, 0.1) is 5.54 Å². The Morgan fingerprint density at radius 3 is 2.57 bits per heavy atom. The van der Waals surface area contributed by atoms with Gasteiger partial charge in [0.25, 0.3) is 0 Å². The lowest BCUT2D eigenvalue weighted by molar-refractivity contribution is -0.139. The second kappa shape index (κ2) is 3.87. The molecule has 0 saturated carbocycles. The van der Waals surface area contributed by atoms with Gasteiger partial charge in [-0.3, -0.25) is 4.79 Å². The first-order chi connectivity index (χ1) is 6.32. The number of carbonyl (C=O) groups is 1. The van der Waals surface area contributed by atoms with Gasteiger partial charge in [-0.1, -0.05) is 0 Å². The molecule has 1 fully saturated rings. The maximum absolute atomic E-state index is 11.9. The molecule has 1 saturated heterocycles. The van der Waals surface area contributed by atoms with E-state index < -0.39 is 5.54 Å². The summed E-state index contributed by atoms with van der Waals surface area (Å²) in [6, 6.07) is 0.596. The number of hydrogen-bond donors (Lipinski definition) is 2. The molecule has 0 aromatic carbocycles. The van der Waals surface area contributed by atoms with Crippen LogP contribution in [0.15, 0.2) is 0 Å². The van der Waals surface area contributed by atoms with Crippen molar-refractivity contribution in [1.82, 2.24) is 10.2 Å². The van der Waals surface area contributed by atoms with Crippen LogP contribution in [0.5, 0.6) is 0 Å². The van der Waals surface area contributed by atoms with Crippen LogP contribution < -0.4 is 11.1 Å². The Bertz CT molecular complexity index is 222. The molecule has 2 atom stereocenters. The first-order valence-corrected chi connectivity index (χ1v) is 5.15. The fourth-order valence-electron chi connectivity index (χ4n) is 1.67.